The molecule has 0 bridgehead atoms. The van der Waals surface area contributed by atoms with E-state index < -0.39 is 20.6 Å². The van der Waals surface area contributed by atoms with Crippen LogP contribution in [0.25, 0.3) is 0 Å². The van der Waals surface area contributed by atoms with Crippen molar-refractivity contribution in [1.82, 2.24) is 0 Å². The fourth-order valence-electron chi connectivity index (χ4n) is 3.33. The van der Waals surface area contributed by atoms with E-state index in [2.05, 4.69) is 0 Å². The molecule has 122 valence electrons. The van der Waals surface area contributed by atoms with Crippen molar-refractivity contribution in [3.8, 4) is 0 Å². The molecule has 2 N–H and O–H groups in total. The van der Waals surface area contributed by atoms with Gasteiger partial charge in [0.2, 0.25) is 0 Å². The zero-order valence-corrected chi connectivity index (χ0v) is 14.1. The summed E-state index contributed by atoms with van der Waals surface area (Å²) in [6.45, 7) is 2.21. The number of ether oxygens (including phenoxy) is 1. The van der Waals surface area contributed by atoms with Crippen LogP contribution in [0.4, 0.5) is 0 Å². The van der Waals surface area contributed by atoms with E-state index in [0.717, 1.165) is 11.1 Å². The van der Waals surface area contributed by atoms with Gasteiger partial charge in [-0.05, 0) is 24.6 Å². The van der Waals surface area contributed by atoms with Gasteiger partial charge in [0.25, 0.3) is 0 Å². The smallest absolute Gasteiger partial charge is 0.183 e. The average Bonchev–Trinajstić information content (AvgIpc) is 3.15. The molecule has 1 aliphatic carbocycles. The summed E-state index contributed by atoms with van der Waals surface area (Å²) in [6.07, 6.45) is 0. The monoisotopic (exact) mass is 331 g/mol. The number of aryl methyl sites for hydroxylation is 1. The van der Waals surface area contributed by atoms with Crippen molar-refractivity contribution in [3.05, 3.63) is 65.7 Å². The van der Waals surface area contributed by atoms with Gasteiger partial charge in [0, 0.05) is 13.0 Å². The standard InChI is InChI=1S/C18H21NO3S/c1-13-8-10-14(11-9-13)16-17(18(16,19)12-22-2)23(20,21)15-6-4-3-5-7-15/h3-11,16-17H,12,19H2,1-2H3/t16-,17+,18-/m0/s1. The molecule has 0 aromatic heterocycles. The Morgan fingerprint density at radius 3 is 2.26 bits per heavy atom. The Balaban J connectivity index is 2.01. The van der Waals surface area contributed by atoms with E-state index in [4.69, 9.17) is 10.5 Å². The zero-order chi connectivity index (χ0) is 16.7. The first kappa shape index (κ1) is 16.2. The summed E-state index contributed by atoms with van der Waals surface area (Å²) in [7, 11) is -1.96. The van der Waals surface area contributed by atoms with Crippen molar-refractivity contribution in [2.24, 2.45) is 5.73 Å². The molecule has 23 heavy (non-hydrogen) atoms. The Labute approximate surface area is 137 Å². The molecule has 1 aliphatic rings. The van der Waals surface area contributed by atoms with E-state index in [0.29, 0.717) is 4.90 Å². The fourth-order valence-corrected chi connectivity index (χ4v) is 5.64. The van der Waals surface area contributed by atoms with Gasteiger partial charge < -0.3 is 10.5 Å². The number of methoxy groups -OCH3 is 1. The van der Waals surface area contributed by atoms with Gasteiger partial charge in [-0.25, -0.2) is 8.42 Å². The van der Waals surface area contributed by atoms with Crippen molar-refractivity contribution in [1.29, 1.82) is 0 Å². The number of sulfone groups is 1. The number of benzene rings is 2. The van der Waals surface area contributed by atoms with Crippen molar-refractivity contribution in [2.45, 2.75) is 28.5 Å². The molecular weight excluding hydrogens is 310 g/mol. The SMILES string of the molecule is COC[C@@]1(N)[C@H](S(=O)(=O)c2ccccc2)[C@@H]1c1ccc(C)cc1. The predicted molar refractivity (Wildman–Crippen MR) is 90.1 cm³/mol. The minimum atomic E-state index is -3.51. The van der Waals surface area contributed by atoms with E-state index >= 15 is 0 Å². The quantitative estimate of drug-likeness (QED) is 0.912. The first-order valence-corrected chi connectivity index (χ1v) is 9.09. The van der Waals surface area contributed by atoms with Gasteiger partial charge in [0.05, 0.1) is 22.3 Å². The first-order valence-electron chi connectivity index (χ1n) is 7.54. The summed E-state index contributed by atoms with van der Waals surface area (Å²) in [5, 5.41) is -0.667. The summed E-state index contributed by atoms with van der Waals surface area (Å²) < 4.78 is 31.2. The lowest BCUT2D eigenvalue weighted by Gasteiger charge is -2.11. The maximum atomic E-state index is 13.0. The Hall–Kier alpha value is -1.69. The number of hydrogen-bond donors (Lipinski definition) is 1. The number of nitrogens with two attached hydrogens (primary N) is 1. The molecule has 5 heteroatoms. The molecule has 4 nitrogen and oxygen atoms in total. The highest BCUT2D eigenvalue weighted by molar-refractivity contribution is 7.92. The highest BCUT2D eigenvalue weighted by Gasteiger charge is 2.69. The van der Waals surface area contributed by atoms with Gasteiger partial charge in [0.1, 0.15) is 0 Å². The van der Waals surface area contributed by atoms with E-state index in [1.807, 2.05) is 31.2 Å². The van der Waals surface area contributed by atoms with Crippen LogP contribution in [0.3, 0.4) is 0 Å². The van der Waals surface area contributed by atoms with Crippen molar-refractivity contribution < 1.29 is 13.2 Å². The van der Waals surface area contributed by atoms with Crippen LogP contribution < -0.4 is 5.73 Å². The minimum Gasteiger partial charge on any atom is -0.383 e. The lowest BCUT2D eigenvalue weighted by molar-refractivity contribution is 0.171. The van der Waals surface area contributed by atoms with Crippen LogP contribution in [0.15, 0.2) is 59.5 Å². The maximum Gasteiger partial charge on any atom is 0.183 e. The molecule has 0 spiro atoms. The minimum absolute atomic E-state index is 0.211. The second kappa shape index (κ2) is 5.74. The van der Waals surface area contributed by atoms with Crippen LogP contribution in [0.5, 0.6) is 0 Å². The lowest BCUT2D eigenvalue weighted by atomic mass is 10.1. The van der Waals surface area contributed by atoms with Gasteiger partial charge in [-0.3, -0.25) is 0 Å². The third-order valence-corrected chi connectivity index (χ3v) is 6.85. The van der Waals surface area contributed by atoms with Crippen LogP contribution in [0, 0.1) is 6.92 Å². The van der Waals surface area contributed by atoms with Gasteiger partial charge in [-0.2, -0.15) is 0 Å². The summed E-state index contributed by atoms with van der Waals surface area (Å²) >= 11 is 0. The largest absolute Gasteiger partial charge is 0.383 e. The number of rotatable bonds is 5. The summed E-state index contributed by atoms with van der Waals surface area (Å²) in [6, 6.07) is 16.4. The summed E-state index contributed by atoms with van der Waals surface area (Å²) in [5.74, 6) is -0.256. The van der Waals surface area contributed by atoms with Crippen molar-refractivity contribution >= 4 is 9.84 Å². The molecule has 2 aromatic rings. The van der Waals surface area contributed by atoms with Gasteiger partial charge in [-0.1, -0.05) is 48.0 Å². The average molecular weight is 331 g/mol. The Kier molecular flexibility index (Phi) is 4.04. The summed E-state index contributed by atoms with van der Waals surface area (Å²) in [5.41, 5.74) is 7.62. The second-order valence-corrected chi connectivity index (χ2v) is 8.28. The first-order chi connectivity index (χ1) is 10.9. The molecule has 3 atom stereocenters. The lowest BCUT2D eigenvalue weighted by Crippen LogP contribution is -2.35. The van der Waals surface area contributed by atoms with Gasteiger partial charge in [0.15, 0.2) is 9.84 Å². The molecule has 0 heterocycles. The van der Waals surface area contributed by atoms with Crippen LogP contribution >= 0.6 is 0 Å². The molecule has 0 unspecified atom stereocenters. The van der Waals surface area contributed by atoms with Gasteiger partial charge in [-0.15, -0.1) is 0 Å². The highest BCUT2D eigenvalue weighted by Crippen LogP contribution is 2.55. The van der Waals surface area contributed by atoms with E-state index in [9.17, 15) is 8.42 Å². The Morgan fingerprint density at radius 1 is 1.09 bits per heavy atom. The van der Waals surface area contributed by atoms with E-state index in [1.165, 1.54) is 0 Å². The molecule has 3 rings (SSSR count). The zero-order valence-electron chi connectivity index (χ0n) is 13.3. The van der Waals surface area contributed by atoms with Crippen LogP contribution in [0.1, 0.15) is 17.0 Å². The molecule has 2 aromatic carbocycles. The second-order valence-electron chi connectivity index (χ2n) is 6.21. The van der Waals surface area contributed by atoms with Crippen LogP contribution in [-0.2, 0) is 14.6 Å². The predicted octanol–water partition coefficient (Wildman–Crippen LogP) is 2.28. The maximum absolute atomic E-state index is 13.0. The van der Waals surface area contributed by atoms with E-state index in [1.54, 1.807) is 37.4 Å². The third-order valence-electron chi connectivity index (χ3n) is 4.54. The fraction of sp³-hybridized carbons (Fsp3) is 0.333. The topological polar surface area (TPSA) is 69.4 Å². The molecule has 0 saturated heterocycles. The normalized spacial score (nSPS) is 26.9. The molecule has 1 fully saturated rings. The van der Waals surface area contributed by atoms with E-state index in [-0.39, 0.29) is 12.5 Å². The van der Waals surface area contributed by atoms with Crippen LogP contribution in [-0.4, -0.2) is 32.9 Å². The molecule has 0 amide bonds. The molecule has 1 saturated carbocycles. The van der Waals surface area contributed by atoms with Crippen LogP contribution in [0.2, 0.25) is 0 Å². The highest BCUT2D eigenvalue weighted by atomic mass is 32.2. The number of hydrogen-bond acceptors (Lipinski definition) is 4. The third kappa shape index (κ3) is 2.69. The van der Waals surface area contributed by atoms with Crippen molar-refractivity contribution in [3.63, 3.8) is 0 Å². The van der Waals surface area contributed by atoms with Crippen molar-refractivity contribution in [2.75, 3.05) is 13.7 Å². The molecule has 0 aliphatic heterocycles. The van der Waals surface area contributed by atoms with Gasteiger partial charge >= 0.3 is 0 Å². The summed E-state index contributed by atoms with van der Waals surface area (Å²) in [4.78, 5) is 0.311. The Bertz CT molecular complexity index is 787. The molecule has 0 radical (unpaired) electrons. The Morgan fingerprint density at radius 2 is 1.70 bits per heavy atom. The molecular formula is C18H21NO3S.